The highest BCUT2D eigenvalue weighted by Gasteiger charge is 2.32. The van der Waals surface area contributed by atoms with Crippen LogP contribution in [0.4, 0.5) is 4.79 Å². The van der Waals surface area contributed by atoms with E-state index in [0.717, 1.165) is 46.2 Å². The van der Waals surface area contributed by atoms with Crippen molar-refractivity contribution in [3.8, 4) is 0 Å². The number of aliphatic hydroxyl groups is 2. The van der Waals surface area contributed by atoms with Gasteiger partial charge in [-0.05, 0) is 98.2 Å². The van der Waals surface area contributed by atoms with Crippen LogP contribution in [0.3, 0.4) is 0 Å². The van der Waals surface area contributed by atoms with Crippen LogP contribution in [0.5, 0.6) is 0 Å². The average molecular weight is 739 g/mol. The maximum Gasteiger partial charge on any atom is 0.408 e. The molecule has 11 heteroatoms. The van der Waals surface area contributed by atoms with Gasteiger partial charge in [0.25, 0.3) is 0 Å². The van der Waals surface area contributed by atoms with Crippen LogP contribution in [0, 0.1) is 46.5 Å². The van der Waals surface area contributed by atoms with E-state index in [1.54, 1.807) is 0 Å². The number of hydrogen-bond donors (Lipinski definition) is 6. The van der Waals surface area contributed by atoms with Crippen LogP contribution < -0.4 is 21.3 Å². The van der Waals surface area contributed by atoms with Crippen molar-refractivity contribution in [2.45, 2.75) is 151 Å². The van der Waals surface area contributed by atoms with Crippen molar-refractivity contribution in [1.82, 2.24) is 21.3 Å². The normalized spacial score (nSPS) is 14.7. The van der Waals surface area contributed by atoms with Crippen LogP contribution in [0.1, 0.15) is 112 Å². The van der Waals surface area contributed by atoms with Gasteiger partial charge < -0.3 is 36.2 Å². The summed E-state index contributed by atoms with van der Waals surface area (Å²) < 4.78 is 5.51. The van der Waals surface area contributed by atoms with Crippen LogP contribution in [-0.4, -0.2) is 70.9 Å². The molecule has 0 aromatic heterocycles. The fourth-order valence-electron chi connectivity index (χ4n) is 6.51. The van der Waals surface area contributed by atoms with E-state index < -0.39 is 54.1 Å². The number of carbonyl (C=O) groups excluding carboxylic acids is 4. The lowest BCUT2D eigenvalue weighted by Crippen LogP contribution is -2.57. The predicted molar refractivity (Wildman–Crippen MR) is 209 cm³/mol. The maximum atomic E-state index is 14.2. The minimum absolute atomic E-state index is 0.0270. The smallest absolute Gasteiger partial charge is 0.408 e. The minimum atomic E-state index is -1.20. The molecule has 6 N–H and O–H groups in total. The van der Waals surface area contributed by atoms with Crippen molar-refractivity contribution in [3.05, 3.63) is 69.3 Å². The lowest BCUT2D eigenvalue weighted by Gasteiger charge is -2.30. The highest BCUT2D eigenvalue weighted by molar-refractivity contribution is 5.91. The topological polar surface area (TPSA) is 166 Å². The molecule has 0 spiro atoms. The van der Waals surface area contributed by atoms with Gasteiger partial charge in [0.1, 0.15) is 18.7 Å². The largest absolute Gasteiger partial charge is 0.445 e. The number of benzene rings is 2. The van der Waals surface area contributed by atoms with E-state index in [9.17, 15) is 29.4 Å². The number of hydrogen-bond acceptors (Lipinski definition) is 7. The number of ether oxygens (including phenoxy) is 1. The van der Waals surface area contributed by atoms with Crippen LogP contribution in [-0.2, 0) is 32.1 Å². The van der Waals surface area contributed by atoms with Crippen molar-refractivity contribution < 1.29 is 34.1 Å². The summed E-state index contributed by atoms with van der Waals surface area (Å²) in [5.41, 5.74) is 7.22. The zero-order chi connectivity index (χ0) is 39.8. The molecular formula is C42H66N4O7. The number of carbonyl (C=O) groups is 4. The van der Waals surface area contributed by atoms with Gasteiger partial charge in [0.05, 0.1) is 31.2 Å². The molecule has 0 heterocycles. The zero-order valence-corrected chi connectivity index (χ0v) is 33.7. The van der Waals surface area contributed by atoms with Gasteiger partial charge in [-0.3, -0.25) is 14.4 Å². The van der Waals surface area contributed by atoms with Gasteiger partial charge in [-0.1, -0.05) is 84.2 Å². The van der Waals surface area contributed by atoms with Crippen molar-refractivity contribution in [3.63, 3.8) is 0 Å². The monoisotopic (exact) mass is 738 g/mol. The summed E-state index contributed by atoms with van der Waals surface area (Å²) in [5, 5.41) is 32.4. The second-order valence-corrected chi connectivity index (χ2v) is 15.0. The molecule has 4 amide bonds. The molecule has 2 rings (SSSR count). The van der Waals surface area contributed by atoms with Crippen molar-refractivity contribution >= 4 is 23.8 Å². The molecule has 2 aromatic rings. The molecular weight excluding hydrogens is 672 g/mol. The first-order valence-corrected chi connectivity index (χ1v) is 19.3. The Labute approximate surface area is 317 Å². The molecule has 0 unspecified atom stereocenters. The first-order valence-electron chi connectivity index (χ1n) is 19.3. The van der Waals surface area contributed by atoms with E-state index >= 15 is 0 Å². The quantitative estimate of drug-likeness (QED) is 0.0978. The molecule has 0 fully saturated rings. The molecule has 11 nitrogen and oxygen atoms in total. The van der Waals surface area contributed by atoms with E-state index in [2.05, 4.69) is 28.2 Å². The molecule has 0 saturated carbocycles. The summed E-state index contributed by atoms with van der Waals surface area (Å²) in [6, 6.07) is 6.03. The van der Waals surface area contributed by atoms with Gasteiger partial charge in [0.15, 0.2) is 0 Å². The van der Waals surface area contributed by atoms with Gasteiger partial charge in [-0.2, -0.15) is 0 Å². The SMILES string of the molecule is CCCC[C@H](NC(=O)[C@H](Cc1c(C)c(C)c(C)c(C)c1C)NC(=O)OCc1ccccc1)C(=O)N[C@@H](CC(C)C)[C@@H](O)CC(=O)N[C@H](CO)[C@@H](C)CC. The molecule has 0 saturated heterocycles. The van der Waals surface area contributed by atoms with Crippen molar-refractivity contribution in [2.24, 2.45) is 11.8 Å². The molecule has 0 radical (unpaired) electrons. The number of unbranched alkanes of at least 4 members (excludes halogenated alkanes) is 1. The third kappa shape index (κ3) is 14.1. The lowest BCUT2D eigenvalue weighted by atomic mass is 9.86. The zero-order valence-electron chi connectivity index (χ0n) is 33.7. The predicted octanol–water partition coefficient (Wildman–Crippen LogP) is 5.55. The number of nitrogens with one attached hydrogen (secondary N) is 4. The third-order valence-corrected chi connectivity index (χ3v) is 10.7. The third-order valence-electron chi connectivity index (χ3n) is 10.7. The molecule has 0 bridgehead atoms. The summed E-state index contributed by atoms with van der Waals surface area (Å²) in [6.07, 6.45) is 0.868. The van der Waals surface area contributed by atoms with Crippen LogP contribution in [0.15, 0.2) is 30.3 Å². The average Bonchev–Trinajstić information content (AvgIpc) is 3.13. The Kier molecular flexibility index (Phi) is 19.0. The lowest BCUT2D eigenvalue weighted by molar-refractivity contribution is -0.131. The number of aliphatic hydroxyl groups excluding tert-OH is 2. The Bertz CT molecular complexity index is 1470. The molecule has 53 heavy (non-hydrogen) atoms. The molecule has 296 valence electrons. The van der Waals surface area contributed by atoms with E-state index in [1.807, 2.05) is 92.6 Å². The summed E-state index contributed by atoms with van der Waals surface area (Å²) in [5.74, 6) is -1.31. The van der Waals surface area contributed by atoms with E-state index in [4.69, 9.17) is 4.74 Å². The Morgan fingerprint density at radius 3 is 1.89 bits per heavy atom. The van der Waals surface area contributed by atoms with Crippen molar-refractivity contribution in [2.75, 3.05) is 6.61 Å². The van der Waals surface area contributed by atoms with E-state index in [-0.39, 0.29) is 37.9 Å². The fourth-order valence-corrected chi connectivity index (χ4v) is 6.51. The Balaban J connectivity index is 2.35. The fraction of sp³-hybridized carbons (Fsp3) is 0.619. The number of rotatable bonds is 21. The summed E-state index contributed by atoms with van der Waals surface area (Å²) >= 11 is 0. The first kappa shape index (κ1) is 45.2. The van der Waals surface area contributed by atoms with Crippen LogP contribution in [0.2, 0.25) is 0 Å². The Hall–Kier alpha value is -3.96. The summed E-state index contributed by atoms with van der Waals surface area (Å²) in [7, 11) is 0. The molecule has 2 aromatic carbocycles. The second kappa shape index (κ2) is 22.3. The highest BCUT2D eigenvalue weighted by atomic mass is 16.5. The standard InChI is InChI=1S/C42H66N4O7/c1-11-13-19-34(40(50)45-35(20-25(3)4)38(48)22-39(49)43-37(23-47)26(5)12-2)44-41(51)36(46-42(52)53-24-32-17-15-14-16-18-32)21-33-30(9)28(7)27(6)29(8)31(33)10/h14-18,25-26,34-38,47-48H,11-13,19-24H2,1-10H3,(H,43,49)(H,44,51)(H,45,50)(H,46,52)/t26-,34-,35-,36-,37+,38-/m0/s1. The van der Waals surface area contributed by atoms with Gasteiger partial charge >= 0.3 is 6.09 Å². The number of amides is 4. The van der Waals surface area contributed by atoms with E-state index in [1.165, 1.54) is 5.56 Å². The van der Waals surface area contributed by atoms with Crippen LogP contribution >= 0.6 is 0 Å². The second-order valence-electron chi connectivity index (χ2n) is 15.0. The first-order chi connectivity index (χ1) is 25.0. The summed E-state index contributed by atoms with van der Waals surface area (Å²) in [6.45, 7) is 19.8. The van der Waals surface area contributed by atoms with Gasteiger partial charge in [0.2, 0.25) is 17.7 Å². The molecule has 0 aliphatic carbocycles. The van der Waals surface area contributed by atoms with E-state index in [0.29, 0.717) is 19.3 Å². The highest BCUT2D eigenvalue weighted by Crippen LogP contribution is 2.27. The number of alkyl carbamates (subject to hydrolysis) is 1. The summed E-state index contributed by atoms with van der Waals surface area (Å²) in [4.78, 5) is 54.1. The van der Waals surface area contributed by atoms with Crippen molar-refractivity contribution in [1.29, 1.82) is 0 Å². The molecule has 0 aliphatic heterocycles. The van der Waals surface area contributed by atoms with Crippen LogP contribution in [0.25, 0.3) is 0 Å². The molecule has 6 atom stereocenters. The van der Waals surface area contributed by atoms with Gasteiger partial charge in [-0.25, -0.2) is 4.79 Å². The van der Waals surface area contributed by atoms with Gasteiger partial charge in [-0.15, -0.1) is 0 Å². The maximum absolute atomic E-state index is 14.2. The van der Waals surface area contributed by atoms with Gasteiger partial charge in [0, 0.05) is 6.42 Å². The Morgan fingerprint density at radius 1 is 0.755 bits per heavy atom. The molecule has 0 aliphatic rings. The Morgan fingerprint density at radius 2 is 1.34 bits per heavy atom. The minimum Gasteiger partial charge on any atom is -0.445 e.